The second-order valence-corrected chi connectivity index (χ2v) is 4.98. The van der Waals surface area contributed by atoms with Crippen LogP contribution in [0.25, 0.3) is 0 Å². The average Bonchev–Trinajstić information content (AvgIpc) is 2.16. The summed E-state index contributed by atoms with van der Waals surface area (Å²) < 4.78 is 0. The molecule has 2 amide bonds. The molecule has 0 aromatic rings. The van der Waals surface area contributed by atoms with Gasteiger partial charge in [0.25, 0.3) is 0 Å². The van der Waals surface area contributed by atoms with E-state index in [4.69, 9.17) is 0 Å². The molecule has 1 N–H and O–H groups in total. The average molecular weight is 210 g/mol. The smallest absolute Gasteiger partial charge is 0.317 e. The number of nitrogens with one attached hydrogen (secondary N) is 1. The van der Waals surface area contributed by atoms with Gasteiger partial charge in [0.2, 0.25) is 0 Å². The van der Waals surface area contributed by atoms with Gasteiger partial charge in [0, 0.05) is 19.1 Å². The number of hydrogen-bond acceptors (Lipinski definition) is 1. The summed E-state index contributed by atoms with van der Waals surface area (Å²) in [5.41, 5.74) is 0. The molecule has 3 nitrogen and oxygen atoms in total. The van der Waals surface area contributed by atoms with Crippen molar-refractivity contribution in [3.05, 3.63) is 0 Å². The van der Waals surface area contributed by atoms with E-state index in [1.165, 1.54) is 38.5 Å². The number of urea groups is 1. The van der Waals surface area contributed by atoms with Crippen LogP contribution in [0.2, 0.25) is 0 Å². The number of amides is 2. The Kier molecular flexibility index (Phi) is 3.49. The van der Waals surface area contributed by atoms with Crippen LogP contribution in [0.4, 0.5) is 4.79 Å². The largest absolute Gasteiger partial charge is 0.335 e. The zero-order chi connectivity index (χ0) is 10.7. The van der Waals surface area contributed by atoms with Crippen molar-refractivity contribution >= 4 is 6.03 Å². The van der Waals surface area contributed by atoms with Crippen LogP contribution >= 0.6 is 0 Å². The molecule has 1 heterocycles. The molecule has 1 unspecified atom stereocenters. The maximum absolute atomic E-state index is 11.9. The lowest BCUT2D eigenvalue weighted by molar-refractivity contribution is 0.170. The van der Waals surface area contributed by atoms with E-state index in [9.17, 15) is 4.79 Å². The van der Waals surface area contributed by atoms with E-state index in [1.54, 1.807) is 0 Å². The van der Waals surface area contributed by atoms with Gasteiger partial charge in [-0.15, -0.1) is 0 Å². The Morgan fingerprint density at radius 2 is 1.87 bits per heavy atom. The first-order chi connectivity index (χ1) is 7.27. The third-order valence-corrected chi connectivity index (χ3v) is 3.85. The number of rotatable bonds is 2. The number of hydrogen-bond donors (Lipinski definition) is 1. The molecule has 1 aliphatic heterocycles. The normalized spacial score (nSPS) is 24.5. The second kappa shape index (κ2) is 4.86. The molecule has 15 heavy (non-hydrogen) atoms. The van der Waals surface area contributed by atoms with Crippen molar-refractivity contribution < 1.29 is 4.79 Å². The maximum atomic E-state index is 11.9. The molecule has 2 aliphatic rings. The van der Waals surface area contributed by atoms with Crippen LogP contribution in [0.5, 0.6) is 0 Å². The van der Waals surface area contributed by atoms with E-state index in [1.807, 2.05) is 4.90 Å². The molecule has 1 saturated heterocycles. The van der Waals surface area contributed by atoms with Gasteiger partial charge in [0.15, 0.2) is 0 Å². The Bertz CT molecular complexity index is 220. The highest BCUT2D eigenvalue weighted by Gasteiger charge is 2.26. The summed E-state index contributed by atoms with van der Waals surface area (Å²) >= 11 is 0. The van der Waals surface area contributed by atoms with Crippen LogP contribution in [0, 0.1) is 5.92 Å². The third-order valence-electron chi connectivity index (χ3n) is 3.85. The topological polar surface area (TPSA) is 32.3 Å². The van der Waals surface area contributed by atoms with Gasteiger partial charge in [-0.3, -0.25) is 0 Å². The fourth-order valence-electron chi connectivity index (χ4n) is 2.44. The lowest BCUT2D eigenvalue weighted by atomic mass is 9.80. The summed E-state index contributed by atoms with van der Waals surface area (Å²) in [4.78, 5) is 13.8. The van der Waals surface area contributed by atoms with Crippen molar-refractivity contribution in [3.8, 4) is 0 Å². The molecule has 1 saturated carbocycles. The Labute approximate surface area is 92.2 Å². The summed E-state index contributed by atoms with van der Waals surface area (Å²) in [5, 5.41) is 3.14. The van der Waals surface area contributed by atoms with Crippen molar-refractivity contribution in [2.75, 3.05) is 13.1 Å². The maximum Gasteiger partial charge on any atom is 0.317 e. The number of carbonyl (C=O) groups excluding carboxylic acids is 1. The van der Waals surface area contributed by atoms with Crippen molar-refractivity contribution in [2.45, 2.75) is 51.5 Å². The molecule has 1 atom stereocenters. The molecule has 0 aromatic heterocycles. The molecule has 0 spiro atoms. The lowest BCUT2D eigenvalue weighted by Gasteiger charge is -2.34. The van der Waals surface area contributed by atoms with Gasteiger partial charge >= 0.3 is 6.03 Å². The van der Waals surface area contributed by atoms with Crippen LogP contribution in [0.1, 0.15) is 45.4 Å². The molecule has 3 heteroatoms. The fraction of sp³-hybridized carbons (Fsp3) is 0.917. The SMILES string of the molecule is CC(NC(=O)N1CCCCC1)C1CCC1. The van der Waals surface area contributed by atoms with Gasteiger partial charge in [-0.25, -0.2) is 4.79 Å². The lowest BCUT2D eigenvalue weighted by Crippen LogP contribution is -2.49. The van der Waals surface area contributed by atoms with Gasteiger partial charge < -0.3 is 10.2 Å². The van der Waals surface area contributed by atoms with E-state index >= 15 is 0 Å². The van der Waals surface area contributed by atoms with Gasteiger partial charge in [-0.1, -0.05) is 6.42 Å². The second-order valence-electron chi connectivity index (χ2n) is 4.98. The molecule has 86 valence electrons. The van der Waals surface area contributed by atoms with Gasteiger partial charge in [0.05, 0.1) is 0 Å². The first-order valence-corrected chi connectivity index (χ1v) is 6.33. The predicted molar refractivity (Wildman–Crippen MR) is 60.8 cm³/mol. The van der Waals surface area contributed by atoms with E-state index in [0.29, 0.717) is 6.04 Å². The summed E-state index contributed by atoms with van der Waals surface area (Å²) in [7, 11) is 0. The summed E-state index contributed by atoms with van der Waals surface area (Å²) in [6, 6.07) is 0.530. The molecule has 0 bridgehead atoms. The first-order valence-electron chi connectivity index (χ1n) is 6.33. The van der Waals surface area contributed by atoms with Crippen LogP contribution in [0.15, 0.2) is 0 Å². The number of likely N-dealkylation sites (tertiary alicyclic amines) is 1. The number of piperidine rings is 1. The molecule has 0 aromatic carbocycles. The highest BCUT2D eigenvalue weighted by Crippen LogP contribution is 2.29. The third kappa shape index (κ3) is 2.64. The van der Waals surface area contributed by atoms with Gasteiger partial charge in [-0.2, -0.15) is 0 Å². The summed E-state index contributed by atoms with van der Waals surface area (Å²) in [6.45, 7) is 4.04. The number of carbonyl (C=O) groups is 1. The summed E-state index contributed by atoms with van der Waals surface area (Å²) in [6.07, 6.45) is 7.55. The summed E-state index contributed by atoms with van der Waals surface area (Å²) in [5.74, 6) is 0.735. The van der Waals surface area contributed by atoms with Crippen molar-refractivity contribution in [3.63, 3.8) is 0 Å². The van der Waals surface area contributed by atoms with Crippen LogP contribution in [-0.2, 0) is 0 Å². The van der Waals surface area contributed by atoms with Gasteiger partial charge in [0.1, 0.15) is 0 Å². The Balaban J connectivity index is 1.74. The van der Waals surface area contributed by atoms with Gasteiger partial charge in [-0.05, 0) is 44.9 Å². The minimum absolute atomic E-state index is 0.161. The highest BCUT2D eigenvalue weighted by atomic mass is 16.2. The number of nitrogens with zero attached hydrogens (tertiary/aromatic N) is 1. The van der Waals surface area contributed by atoms with Crippen molar-refractivity contribution in [1.29, 1.82) is 0 Å². The molecule has 1 aliphatic carbocycles. The molecular weight excluding hydrogens is 188 g/mol. The first kappa shape index (κ1) is 10.8. The van der Waals surface area contributed by atoms with E-state index in [2.05, 4.69) is 12.2 Å². The Morgan fingerprint density at radius 3 is 2.40 bits per heavy atom. The highest BCUT2D eigenvalue weighted by molar-refractivity contribution is 5.74. The molecular formula is C12H22N2O. The van der Waals surface area contributed by atoms with E-state index in [-0.39, 0.29) is 6.03 Å². The monoisotopic (exact) mass is 210 g/mol. The molecule has 2 fully saturated rings. The van der Waals surface area contributed by atoms with Crippen LogP contribution in [-0.4, -0.2) is 30.1 Å². The zero-order valence-electron chi connectivity index (χ0n) is 9.67. The van der Waals surface area contributed by atoms with Crippen LogP contribution < -0.4 is 5.32 Å². The quantitative estimate of drug-likeness (QED) is 0.745. The van der Waals surface area contributed by atoms with Crippen LogP contribution in [0.3, 0.4) is 0 Å². The standard InChI is InChI=1S/C12H22N2O/c1-10(11-6-5-7-11)13-12(15)14-8-3-2-4-9-14/h10-11H,2-9H2,1H3,(H,13,15). The molecule has 2 rings (SSSR count). The van der Waals surface area contributed by atoms with Crippen molar-refractivity contribution in [1.82, 2.24) is 10.2 Å². The molecule has 0 radical (unpaired) electrons. The predicted octanol–water partition coefficient (Wildman–Crippen LogP) is 2.37. The van der Waals surface area contributed by atoms with Crippen molar-refractivity contribution in [2.24, 2.45) is 5.92 Å². The minimum atomic E-state index is 0.161. The van der Waals surface area contributed by atoms with E-state index < -0.39 is 0 Å². The fourth-order valence-corrected chi connectivity index (χ4v) is 2.44. The minimum Gasteiger partial charge on any atom is -0.335 e. The Hall–Kier alpha value is -0.730. The zero-order valence-corrected chi connectivity index (χ0v) is 9.67. The Morgan fingerprint density at radius 1 is 1.20 bits per heavy atom. The van der Waals surface area contributed by atoms with E-state index in [0.717, 1.165) is 19.0 Å².